The van der Waals surface area contributed by atoms with Crippen molar-refractivity contribution in [3.05, 3.63) is 11.6 Å². The van der Waals surface area contributed by atoms with E-state index in [1.807, 2.05) is 6.92 Å². The van der Waals surface area contributed by atoms with Crippen LogP contribution < -0.4 is 0 Å². The number of fused-ring (bicyclic) bond motifs is 1. The van der Waals surface area contributed by atoms with Gasteiger partial charge in [-0.15, -0.1) is 0 Å². The number of carbonyl (C=O) groups excluding carboxylic acids is 1. The van der Waals surface area contributed by atoms with Crippen LogP contribution >= 0.6 is 0 Å². The fraction of sp³-hybridized carbons (Fsp3) is 0.889. The summed E-state index contributed by atoms with van der Waals surface area (Å²) < 4.78 is 0. The molecule has 28 heavy (non-hydrogen) atoms. The van der Waals surface area contributed by atoms with Gasteiger partial charge in [0.25, 0.3) is 0 Å². The third-order valence-electron chi connectivity index (χ3n) is 8.91. The van der Waals surface area contributed by atoms with E-state index in [0.29, 0.717) is 24.5 Å². The fourth-order valence-corrected chi connectivity index (χ4v) is 6.26. The van der Waals surface area contributed by atoms with E-state index in [4.69, 9.17) is 0 Å². The lowest BCUT2D eigenvalue weighted by atomic mass is 9.66. The molecule has 0 radical (unpaired) electrons. The molecule has 7 unspecified atom stereocenters. The molecular weight excluding hydrogens is 340 g/mol. The summed E-state index contributed by atoms with van der Waals surface area (Å²) in [5.74, 6) is 7.29. The first kappa shape index (κ1) is 23.7. The molecule has 0 N–H and O–H groups in total. The minimum Gasteiger partial charge on any atom is -0.299 e. The van der Waals surface area contributed by atoms with Crippen molar-refractivity contribution in [3.8, 4) is 0 Å². The Labute approximate surface area is 176 Å². The minimum absolute atomic E-state index is 0.402. The molecule has 0 spiro atoms. The number of ketones is 1. The van der Waals surface area contributed by atoms with Crippen molar-refractivity contribution in [3.63, 3.8) is 0 Å². The van der Waals surface area contributed by atoms with Crippen molar-refractivity contribution < 1.29 is 4.79 Å². The topological polar surface area (TPSA) is 17.1 Å². The van der Waals surface area contributed by atoms with Crippen molar-refractivity contribution in [1.29, 1.82) is 0 Å². The minimum atomic E-state index is 0.402. The average Bonchev–Trinajstić information content (AvgIpc) is 3.12. The van der Waals surface area contributed by atoms with Crippen LogP contribution in [-0.4, -0.2) is 5.78 Å². The maximum Gasteiger partial charge on any atom is 0.136 e. The second-order valence-electron chi connectivity index (χ2n) is 10.7. The first-order chi connectivity index (χ1) is 13.3. The molecule has 0 aliphatic heterocycles. The zero-order chi connectivity index (χ0) is 20.8. The van der Waals surface area contributed by atoms with E-state index in [0.717, 1.165) is 41.4 Å². The Balaban J connectivity index is 1.89. The third kappa shape index (κ3) is 5.96. The van der Waals surface area contributed by atoms with Gasteiger partial charge in [-0.3, -0.25) is 4.79 Å². The summed E-state index contributed by atoms with van der Waals surface area (Å²) in [7, 11) is 0. The lowest BCUT2D eigenvalue weighted by Crippen LogP contribution is -2.30. The van der Waals surface area contributed by atoms with Crippen molar-refractivity contribution in [2.75, 3.05) is 0 Å². The molecule has 0 saturated heterocycles. The number of hydrogen-bond donors (Lipinski definition) is 0. The molecule has 0 aromatic rings. The molecule has 0 aromatic heterocycles. The van der Waals surface area contributed by atoms with E-state index in [1.54, 1.807) is 0 Å². The van der Waals surface area contributed by atoms with Gasteiger partial charge in [0.15, 0.2) is 0 Å². The maximum atomic E-state index is 12.0. The van der Waals surface area contributed by atoms with E-state index in [1.165, 1.54) is 50.5 Å². The first-order valence-electron chi connectivity index (χ1n) is 12.4. The lowest BCUT2D eigenvalue weighted by molar-refractivity contribution is -0.118. The first-order valence-corrected chi connectivity index (χ1v) is 12.4. The van der Waals surface area contributed by atoms with Crippen LogP contribution in [0.3, 0.4) is 0 Å². The quantitative estimate of drug-likeness (QED) is 0.346. The van der Waals surface area contributed by atoms with Gasteiger partial charge in [-0.05, 0) is 86.4 Å². The number of allylic oxidation sites excluding steroid dienone is 2. The van der Waals surface area contributed by atoms with Crippen LogP contribution in [0.1, 0.15) is 106 Å². The van der Waals surface area contributed by atoms with Crippen LogP contribution in [0.25, 0.3) is 0 Å². The predicted octanol–water partition coefficient (Wildman–Crippen LogP) is 8.09. The Morgan fingerprint density at radius 3 is 2.32 bits per heavy atom. The number of hydrogen-bond acceptors (Lipinski definition) is 1. The molecule has 1 nitrogen and oxygen atoms in total. The molecule has 2 saturated carbocycles. The molecule has 2 aliphatic rings. The van der Waals surface area contributed by atoms with Crippen LogP contribution in [0.2, 0.25) is 0 Å². The Morgan fingerprint density at radius 1 is 1.00 bits per heavy atom. The SMILES string of the molecule is C/C=C(/CC(=O)CC)C(C)C1CCC2C(CCC2C(C)CCC(C)C(C)C)C1. The van der Waals surface area contributed by atoms with E-state index >= 15 is 0 Å². The van der Waals surface area contributed by atoms with Gasteiger partial charge >= 0.3 is 0 Å². The highest BCUT2D eigenvalue weighted by Gasteiger charge is 2.43. The molecule has 162 valence electrons. The second-order valence-corrected chi connectivity index (χ2v) is 10.7. The highest BCUT2D eigenvalue weighted by Crippen LogP contribution is 2.52. The predicted molar refractivity (Wildman–Crippen MR) is 122 cm³/mol. The molecule has 2 fully saturated rings. The summed E-state index contributed by atoms with van der Waals surface area (Å²) >= 11 is 0. The van der Waals surface area contributed by atoms with Gasteiger partial charge in [-0.25, -0.2) is 0 Å². The van der Waals surface area contributed by atoms with Gasteiger partial charge in [0.2, 0.25) is 0 Å². The van der Waals surface area contributed by atoms with Crippen LogP contribution in [0.15, 0.2) is 11.6 Å². The highest BCUT2D eigenvalue weighted by molar-refractivity contribution is 5.80. The Bertz CT molecular complexity index is 516. The van der Waals surface area contributed by atoms with E-state index < -0.39 is 0 Å². The Kier molecular flexibility index (Phi) is 9.29. The molecule has 0 amide bonds. The molecule has 0 heterocycles. The molecule has 0 aromatic carbocycles. The van der Waals surface area contributed by atoms with Crippen molar-refractivity contribution in [2.45, 2.75) is 106 Å². The molecule has 2 aliphatic carbocycles. The number of rotatable bonds is 10. The maximum absolute atomic E-state index is 12.0. The van der Waals surface area contributed by atoms with Crippen LogP contribution in [0.5, 0.6) is 0 Å². The summed E-state index contributed by atoms with van der Waals surface area (Å²) in [5, 5.41) is 0. The summed E-state index contributed by atoms with van der Waals surface area (Å²) in [4.78, 5) is 12.0. The highest BCUT2D eigenvalue weighted by atomic mass is 16.1. The fourth-order valence-electron chi connectivity index (χ4n) is 6.26. The molecule has 0 bridgehead atoms. The van der Waals surface area contributed by atoms with Gasteiger partial charge in [-0.2, -0.15) is 0 Å². The summed E-state index contributed by atoms with van der Waals surface area (Å²) in [6.45, 7) is 16.2. The molecule has 7 atom stereocenters. The third-order valence-corrected chi connectivity index (χ3v) is 8.91. The monoisotopic (exact) mass is 388 g/mol. The van der Waals surface area contributed by atoms with Crippen molar-refractivity contribution >= 4 is 5.78 Å². The standard InChI is InChI=1S/C27H48O/c1-8-22(17-25(28)9-2)21(7)23-12-15-27-24(16-23)13-14-26(27)20(6)11-10-19(5)18(3)4/h8,18-21,23-24,26-27H,9-17H2,1-7H3/b22-8-. The molecule has 2 rings (SSSR count). The second kappa shape index (κ2) is 11.0. The average molecular weight is 389 g/mol. The van der Waals surface area contributed by atoms with Crippen molar-refractivity contribution in [1.82, 2.24) is 0 Å². The number of carbonyl (C=O) groups is 1. The van der Waals surface area contributed by atoms with Crippen molar-refractivity contribution in [2.24, 2.45) is 47.3 Å². The van der Waals surface area contributed by atoms with Gasteiger partial charge in [0.05, 0.1) is 0 Å². The van der Waals surface area contributed by atoms with Crippen LogP contribution in [0, 0.1) is 47.3 Å². The smallest absolute Gasteiger partial charge is 0.136 e. The van der Waals surface area contributed by atoms with Gasteiger partial charge in [0.1, 0.15) is 5.78 Å². The lowest BCUT2D eigenvalue weighted by Gasteiger charge is -2.39. The van der Waals surface area contributed by atoms with Crippen LogP contribution in [-0.2, 0) is 4.79 Å². The largest absolute Gasteiger partial charge is 0.299 e. The Hall–Kier alpha value is -0.590. The Morgan fingerprint density at radius 2 is 1.71 bits per heavy atom. The van der Waals surface area contributed by atoms with Crippen LogP contribution in [0.4, 0.5) is 0 Å². The van der Waals surface area contributed by atoms with E-state index in [-0.39, 0.29) is 0 Å². The zero-order valence-electron chi connectivity index (χ0n) is 20.0. The van der Waals surface area contributed by atoms with Gasteiger partial charge in [0, 0.05) is 12.8 Å². The summed E-state index contributed by atoms with van der Waals surface area (Å²) in [5.41, 5.74) is 1.40. The summed E-state index contributed by atoms with van der Waals surface area (Å²) in [6.07, 6.45) is 13.6. The normalized spacial score (nSPS) is 31.5. The number of Topliss-reactive ketones (excluding diaryl/α,β-unsaturated/α-hetero) is 1. The molecular formula is C27H48O. The zero-order valence-corrected chi connectivity index (χ0v) is 20.0. The summed E-state index contributed by atoms with van der Waals surface area (Å²) in [6, 6.07) is 0. The van der Waals surface area contributed by atoms with E-state index in [2.05, 4.69) is 47.6 Å². The van der Waals surface area contributed by atoms with Gasteiger partial charge in [-0.1, -0.05) is 66.0 Å². The van der Waals surface area contributed by atoms with E-state index in [9.17, 15) is 4.79 Å². The van der Waals surface area contributed by atoms with Gasteiger partial charge < -0.3 is 0 Å². The molecule has 1 heteroatoms.